The van der Waals surface area contributed by atoms with Crippen molar-refractivity contribution in [3.05, 3.63) is 18.2 Å². The van der Waals surface area contributed by atoms with Gasteiger partial charge in [0.05, 0.1) is 0 Å². The predicted molar refractivity (Wildman–Crippen MR) is 110 cm³/mol. The second kappa shape index (κ2) is 10.9. The van der Waals surface area contributed by atoms with Crippen LogP contribution in [-0.4, -0.2) is 37.6 Å². The summed E-state index contributed by atoms with van der Waals surface area (Å²) in [5.41, 5.74) is 1.39. The Morgan fingerprint density at radius 2 is 1.68 bits per heavy atom. The van der Waals surface area contributed by atoms with E-state index in [0.29, 0.717) is 3.43 Å². The first-order valence-corrected chi connectivity index (χ1v) is 13.6. The van der Waals surface area contributed by atoms with Gasteiger partial charge in [0.15, 0.2) is 0 Å². The number of rotatable bonds is 13. The molecule has 2 aromatic heterocycles. The maximum absolute atomic E-state index is 5.55. The normalized spacial score (nSPS) is 12.3. The number of methoxy groups -OCH3 is 1. The van der Waals surface area contributed by atoms with Gasteiger partial charge in [0.25, 0.3) is 0 Å². The molecule has 25 heavy (non-hydrogen) atoms. The average molecular weight is 469 g/mol. The van der Waals surface area contributed by atoms with Crippen LogP contribution in [0.15, 0.2) is 12.5 Å². The Hall–Kier alpha value is -0.0713. The van der Waals surface area contributed by atoms with E-state index in [0.717, 1.165) is 6.61 Å². The number of imidazole rings is 1. The second-order valence-corrected chi connectivity index (χ2v) is 14.4. The zero-order valence-electron chi connectivity index (χ0n) is 16.4. The molecular weight excluding hydrogens is 435 g/mol. The van der Waals surface area contributed by atoms with Crippen LogP contribution in [0.2, 0.25) is 3.43 Å². The minimum absolute atomic E-state index is 0.629. The summed E-state index contributed by atoms with van der Waals surface area (Å²) in [5, 5.41) is 0. The van der Waals surface area contributed by atoms with Crippen LogP contribution < -0.4 is 2.89 Å². The number of thiazole rings is 1. The van der Waals surface area contributed by atoms with Crippen LogP contribution in [0.3, 0.4) is 0 Å². The van der Waals surface area contributed by atoms with Crippen LogP contribution in [0.5, 0.6) is 0 Å². The van der Waals surface area contributed by atoms with Crippen LogP contribution in [0, 0.1) is 0 Å². The first kappa shape index (κ1) is 21.2. The van der Waals surface area contributed by atoms with E-state index in [2.05, 4.69) is 30.2 Å². The van der Waals surface area contributed by atoms with Crippen molar-refractivity contribution in [2.45, 2.75) is 88.6 Å². The fourth-order valence-electron chi connectivity index (χ4n) is 3.55. The first-order chi connectivity index (χ1) is 12.2. The topological polar surface area (TPSA) is 26.5 Å². The Kier molecular flexibility index (Phi) is 9.28. The van der Waals surface area contributed by atoms with E-state index in [9.17, 15) is 0 Å². The summed E-state index contributed by atoms with van der Waals surface area (Å²) in [5.74, 6) is 0. The van der Waals surface area contributed by atoms with Gasteiger partial charge in [-0.25, -0.2) is 0 Å². The van der Waals surface area contributed by atoms with Crippen molar-refractivity contribution < 1.29 is 4.74 Å². The molecule has 3 nitrogen and oxygen atoms in total. The van der Waals surface area contributed by atoms with Crippen LogP contribution in [0.25, 0.3) is 4.83 Å². The van der Waals surface area contributed by atoms with Gasteiger partial charge in [-0.3, -0.25) is 0 Å². The molecule has 0 unspecified atom stereocenters. The van der Waals surface area contributed by atoms with E-state index in [1.165, 1.54) is 68.3 Å². The van der Waals surface area contributed by atoms with E-state index in [1.807, 2.05) is 31.0 Å². The molecular formula is C20H34N2OSSn. The Balaban J connectivity index is 2.32. The molecule has 0 fully saturated rings. The van der Waals surface area contributed by atoms with Crippen molar-refractivity contribution in [2.24, 2.45) is 0 Å². The third-order valence-corrected chi connectivity index (χ3v) is 12.7. The number of hydrogen-bond acceptors (Lipinski definition) is 3. The van der Waals surface area contributed by atoms with E-state index in [1.54, 1.807) is 2.89 Å². The monoisotopic (exact) mass is 470 g/mol. The van der Waals surface area contributed by atoms with E-state index >= 15 is 0 Å². The number of nitrogens with zero attached hydrogens (tertiary/aromatic N) is 2. The molecule has 0 aliphatic heterocycles. The van der Waals surface area contributed by atoms with Crippen LogP contribution >= 0.6 is 11.3 Å². The van der Waals surface area contributed by atoms with Gasteiger partial charge in [0.2, 0.25) is 0 Å². The zero-order chi connectivity index (χ0) is 18.1. The molecule has 0 saturated heterocycles. The van der Waals surface area contributed by atoms with Crippen molar-refractivity contribution in [1.29, 1.82) is 0 Å². The van der Waals surface area contributed by atoms with Crippen LogP contribution in [0.1, 0.15) is 84.3 Å². The van der Waals surface area contributed by atoms with Gasteiger partial charge in [-0.1, -0.05) is 0 Å². The Labute approximate surface area is 167 Å². The minimum atomic E-state index is -0.704. The first-order valence-electron chi connectivity index (χ1n) is 9.90. The average Bonchev–Trinajstić information content (AvgIpc) is 3.19. The molecule has 0 amide bonds. The summed E-state index contributed by atoms with van der Waals surface area (Å²) < 4.78 is 10.1. The maximum atomic E-state index is 5.55. The Bertz CT molecular complexity index is 600. The fraction of sp³-hybridized carbons (Fsp3) is 0.750. The molecule has 0 spiro atoms. The standard InChI is InChI=1S/C13H27.C7H7N2OS.Sn/c1-4-7-10-13(11-8-5-2)12-9-6-3;1-10-3-6-4-11-7-2-8-5-9(6)7;/h4-12H2,1-3H3;2,5H,3H2,1H3;. The second-order valence-electron chi connectivity index (χ2n) is 7.13. The van der Waals surface area contributed by atoms with Gasteiger partial charge < -0.3 is 0 Å². The molecule has 2 aromatic rings. The van der Waals surface area contributed by atoms with Crippen molar-refractivity contribution in [2.75, 3.05) is 7.11 Å². The van der Waals surface area contributed by atoms with E-state index < -0.39 is 21.1 Å². The molecule has 0 aliphatic rings. The van der Waals surface area contributed by atoms with Crippen molar-refractivity contribution in [1.82, 2.24) is 9.38 Å². The predicted octanol–water partition coefficient (Wildman–Crippen LogP) is 5.60. The third kappa shape index (κ3) is 5.70. The van der Waals surface area contributed by atoms with Crippen LogP contribution in [0.4, 0.5) is 0 Å². The van der Waals surface area contributed by atoms with E-state index in [4.69, 9.17) is 4.74 Å². The molecule has 0 atom stereocenters. The summed E-state index contributed by atoms with van der Waals surface area (Å²) in [7, 11) is 1.81. The number of fused-ring (bicyclic) bond motifs is 1. The number of unbranched alkanes of at least 4 members (excludes halogenated alkanes) is 3. The molecule has 2 radical (unpaired) electrons. The quantitative estimate of drug-likeness (QED) is 0.357. The summed E-state index contributed by atoms with van der Waals surface area (Å²) in [4.78, 5) is 5.62. The van der Waals surface area contributed by atoms with Crippen molar-refractivity contribution in [3.8, 4) is 0 Å². The SMILES string of the molecule is CCCC[C](CCCC)(CCCC)[Sn][c]1sc2cncn2c1COC. The molecule has 140 valence electrons. The molecule has 0 bridgehead atoms. The number of ether oxygens (including phenoxy) is 1. The molecule has 0 aromatic carbocycles. The molecule has 2 rings (SSSR count). The molecule has 0 saturated carbocycles. The Morgan fingerprint density at radius 1 is 1.08 bits per heavy atom. The number of hydrogen-bond donors (Lipinski definition) is 0. The van der Waals surface area contributed by atoms with Gasteiger partial charge in [-0.15, -0.1) is 0 Å². The summed E-state index contributed by atoms with van der Waals surface area (Å²) >= 11 is 1.29. The molecule has 2 heterocycles. The zero-order valence-corrected chi connectivity index (χ0v) is 20.1. The molecule has 0 N–H and O–H groups in total. The van der Waals surface area contributed by atoms with Gasteiger partial charge >= 0.3 is 168 Å². The van der Waals surface area contributed by atoms with E-state index in [-0.39, 0.29) is 0 Å². The molecule has 5 heteroatoms. The van der Waals surface area contributed by atoms with Gasteiger partial charge in [-0.2, -0.15) is 0 Å². The van der Waals surface area contributed by atoms with Crippen LogP contribution in [-0.2, 0) is 11.3 Å². The summed E-state index contributed by atoms with van der Waals surface area (Å²) in [6, 6.07) is 0. The summed E-state index contributed by atoms with van der Waals surface area (Å²) in [6.07, 6.45) is 16.4. The van der Waals surface area contributed by atoms with Gasteiger partial charge in [0, 0.05) is 0 Å². The summed E-state index contributed by atoms with van der Waals surface area (Å²) in [6.45, 7) is 7.74. The molecule has 0 aliphatic carbocycles. The fourth-order valence-corrected chi connectivity index (χ4v) is 12.2. The van der Waals surface area contributed by atoms with Crippen molar-refractivity contribution >= 4 is 40.2 Å². The van der Waals surface area contributed by atoms with Crippen molar-refractivity contribution in [3.63, 3.8) is 0 Å². The third-order valence-electron chi connectivity index (χ3n) is 5.05. The number of aromatic nitrogens is 2. The van der Waals surface area contributed by atoms with Gasteiger partial charge in [0.1, 0.15) is 0 Å². The van der Waals surface area contributed by atoms with Gasteiger partial charge in [-0.05, 0) is 0 Å². The Morgan fingerprint density at radius 3 is 2.20 bits per heavy atom.